The van der Waals surface area contributed by atoms with E-state index in [4.69, 9.17) is 5.73 Å². The fourth-order valence-electron chi connectivity index (χ4n) is 3.36. The molecule has 0 unspecified atom stereocenters. The van der Waals surface area contributed by atoms with Gasteiger partial charge in [0.25, 0.3) is 5.56 Å². The Kier molecular flexibility index (Phi) is 2.59. The first-order valence-electron chi connectivity index (χ1n) is 7.87. The Morgan fingerprint density at radius 1 is 1.08 bits per heavy atom. The van der Waals surface area contributed by atoms with Gasteiger partial charge in [-0.15, -0.1) is 0 Å². The van der Waals surface area contributed by atoms with Crippen LogP contribution in [0.5, 0.6) is 0 Å². The smallest absolute Gasteiger partial charge is 0.261 e. The summed E-state index contributed by atoms with van der Waals surface area (Å²) in [6, 6.07) is 11.5. The van der Waals surface area contributed by atoms with Gasteiger partial charge < -0.3 is 15.7 Å². The Bertz CT molecular complexity index is 1340. The fraction of sp³-hybridized carbons (Fsp3) is 0.0556. The lowest BCUT2D eigenvalue weighted by atomic mass is 10.1. The number of aromatic amines is 2. The molecule has 122 valence electrons. The van der Waals surface area contributed by atoms with Crippen LogP contribution in [-0.2, 0) is 0 Å². The molecule has 3 heterocycles. The molecule has 25 heavy (non-hydrogen) atoms. The number of benzene rings is 2. The minimum atomic E-state index is -0.246. The number of hydrogen-bond acceptors (Lipinski definition) is 4. The number of aromatic nitrogens is 5. The highest BCUT2D eigenvalue weighted by Gasteiger charge is 2.19. The van der Waals surface area contributed by atoms with Crippen molar-refractivity contribution in [3.63, 3.8) is 0 Å². The van der Waals surface area contributed by atoms with Crippen LogP contribution in [-0.4, -0.2) is 24.7 Å². The van der Waals surface area contributed by atoms with Gasteiger partial charge in [0.2, 0.25) is 0 Å². The van der Waals surface area contributed by atoms with Crippen LogP contribution in [0.4, 0.5) is 5.82 Å². The Labute approximate surface area is 141 Å². The van der Waals surface area contributed by atoms with Crippen molar-refractivity contribution >= 4 is 38.7 Å². The summed E-state index contributed by atoms with van der Waals surface area (Å²) in [5.41, 5.74) is 10.8. The van der Waals surface area contributed by atoms with Gasteiger partial charge in [-0.05, 0) is 24.6 Å². The molecule has 0 aliphatic heterocycles. The van der Waals surface area contributed by atoms with Gasteiger partial charge >= 0.3 is 0 Å². The van der Waals surface area contributed by atoms with Crippen LogP contribution in [0, 0.1) is 6.92 Å². The van der Waals surface area contributed by atoms with Gasteiger partial charge in [0.15, 0.2) is 0 Å². The SMILES string of the molecule is Cc1ccc2[nH]cnc2c1-n1nc2c(c1N)c(=O)[nH]c1ccccc12. The third-order valence-corrected chi connectivity index (χ3v) is 4.56. The Balaban J connectivity index is 1.98. The standard InChI is InChI=1S/C18H14N6O/c1-9-6-7-12-15(21-8-20-12)16(9)24-17(19)13-14(23-24)10-4-2-3-5-11(10)22-18(13)25/h2-8H,19H2,1H3,(H,20,21)(H,22,25). The maximum atomic E-state index is 12.5. The van der Waals surface area contributed by atoms with E-state index in [1.165, 1.54) is 0 Å². The van der Waals surface area contributed by atoms with E-state index in [1.807, 2.05) is 43.3 Å². The molecule has 2 aromatic carbocycles. The summed E-state index contributed by atoms with van der Waals surface area (Å²) in [5, 5.41) is 5.93. The highest BCUT2D eigenvalue weighted by Crippen LogP contribution is 2.30. The lowest BCUT2D eigenvalue weighted by Gasteiger charge is -2.08. The molecule has 0 spiro atoms. The summed E-state index contributed by atoms with van der Waals surface area (Å²) < 4.78 is 1.62. The Hall–Kier alpha value is -3.61. The van der Waals surface area contributed by atoms with E-state index >= 15 is 0 Å². The largest absolute Gasteiger partial charge is 0.383 e. The average Bonchev–Trinajstić information content (AvgIpc) is 3.20. The van der Waals surface area contributed by atoms with Gasteiger partial charge in [0, 0.05) is 5.39 Å². The molecule has 5 rings (SSSR count). The highest BCUT2D eigenvalue weighted by atomic mass is 16.1. The van der Waals surface area contributed by atoms with Crippen molar-refractivity contribution in [3.05, 3.63) is 58.6 Å². The van der Waals surface area contributed by atoms with Crippen molar-refractivity contribution in [2.45, 2.75) is 6.92 Å². The number of nitrogen functional groups attached to an aromatic ring is 1. The highest BCUT2D eigenvalue weighted by molar-refractivity contribution is 6.07. The molecule has 0 saturated heterocycles. The quantitative estimate of drug-likeness (QED) is 0.439. The number of H-pyrrole nitrogens is 2. The van der Waals surface area contributed by atoms with Crippen molar-refractivity contribution in [1.29, 1.82) is 0 Å². The molecular weight excluding hydrogens is 316 g/mol. The summed E-state index contributed by atoms with van der Waals surface area (Å²) in [5.74, 6) is 0.306. The lowest BCUT2D eigenvalue weighted by Crippen LogP contribution is -2.09. The Morgan fingerprint density at radius 2 is 1.92 bits per heavy atom. The molecular formula is C18H14N6O. The summed E-state index contributed by atoms with van der Waals surface area (Å²) in [4.78, 5) is 22.9. The van der Waals surface area contributed by atoms with E-state index in [1.54, 1.807) is 11.0 Å². The second-order valence-electron chi connectivity index (χ2n) is 6.05. The summed E-state index contributed by atoms with van der Waals surface area (Å²) in [6.45, 7) is 1.97. The number of anilines is 1. The van der Waals surface area contributed by atoms with Crippen LogP contribution in [0.1, 0.15) is 5.56 Å². The van der Waals surface area contributed by atoms with Crippen LogP contribution < -0.4 is 11.3 Å². The first kappa shape index (κ1) is 13.8. The minimum absolute atomic E-state index is 0.246. The molecule has 0 fully saturated rings. The van der Waals surface area contributed by atoms with E-state index in [-0.39, 0.29) is 5.56 Å². The van der Waals surface area contributed by atoms with E-state index in [9.17, 15) is 4.79 Å². The number of rotatable bonds is 1. The fourth-order valence-corrected chi connectivity index (χ4v) is 3.36. The molecule has 7 nitrogen and oxygen atoms in total. The molecule has 3 aromatic heterocycles. The molecule has 0 saturated carbocycles. The van der Waals surface area contributed by atoms with Crippen LogP contribution >= 0.6 is 0 Å². The first-order valence-corrected chi connectivity index (χ1v) is 7.87. The number of fused-ring (bicyclic) bond motifs is 4. The summed E-state index contributed by atoms with van der Waals surface area (Å²) >= 11 is 0. The number of imidazole rings is 1. The van der Waals surface area contributed by atoms with E-state index in [0.717, 1.165) is 33.2 Å². The summed E-state index contributed by atoms with van der Waals surface area (Å²) in [7, 11) is 0. The van der Waals surface area contributed by atoms with Gasteiger partial charge in [-0.2, -0.15) is 5.10 Å². The normalized spacial score (nSPS) is 11.7. The minimum Gasteiger partial charge on any atom is -0.383 e. The third-order valence-electron chi connectivity index (χ3n) is 4.56. The predicted molar refractivity (Wildman–Crippen MR) is 98.0 cm³/mol. The van der Waals surface area contributed by atoms with Crippen LogP contribution in [0.15, 0.2) is 47.5 Å². The van der Waals surface area contributed by atoms with Gasteiger partial charge in [-0.25, -0.2) is 9.67 Å². The van der Waals surface area contributed by atoms with Gasteiger partial charge in [0.05, 0.1) is 23.0 Å². The van der Waals surface area contributed by atoms with Crippen LogP contribution in [0.2, 0.25) is 0 Å². The lowest BCUT2D eigenvalue weighted by molar-refractivity contribution is 0.906. The van der Waals surface area contributed by atoms with Crippen molar-refractivity contribution in [3.8, 4) is 5.69 Å². The number of nitrogens with one attached hydrogen (secondary N) is 2. The number of para-hydroxylation sites is 1. The van der Waals surface area contributed by atoms with Gasteiger partial charge in [-0.3, -0.25) is 4.79 Å². The zero-order valence-electron chi connectivity index (χ0n) is 13.4. The molecule has 4 N–H and O–H groups in total. The van der Waals surface area contributed by atoms with Gasteiger partial charge in [0.1, 0.15) is 22.2 Å². The topological polar surface area (TPSA) is 105 Å². The second-order valence-corrected chi connectivity index (χ2v) is 6.05. The zero-order valence-corrected chi connectivity index (χ0v) is 13.4. The average molecular weight is 330 g/mol. The number of nitrogens with zero attached hydrogens (tertiary/aromatic N) is 3. The first-order chi connectivity index (χ1) is 12.1. The molecule has 0 bridgehead atoms. The number of hydrogen-bond donors (Lipinski definition) is 3. The predicted octanol–water partition coefficient (Wildman–Crippen LogP) is 2.63. The van der Waals surface area contributed by atoms with Crippen molar-refractivity contribution in [2.75, 3.05) is 5.73 Å². The molecule has 0 aliphatic rings. The van der Waals surface area contributed by atoms with Gasteiger partial charge in [-0.1, -0.05) is 24.3 Å². The number of aryl methyl sites for hydroxylation is 1. The molecule has 0 atom stereocenters. The maximum Gasteiger partial charge on any atom is 0.261 e. The molecule has 0 amide bonds. The molecule has 0 aliphatic carbocycles. The van der Waals surface area contributed by atoms with E-state index < -0.39 is 0 Å². The zero-order chi connectivity index (χ0) is 17.1. The van der Waals surface area contributed by atoms with Crippen molar-refractivity contribution < 1.29 is 0 Å². The van der Waals surface area contributed by atoms with Crippen LogP contribution in [0.25, 0.3) is 38.5 Å². The second kappa shape index (κ2) is 4.70. The monoisotopic (exact) mass is 330 g/mol. The van der Waals surface area contributed by atoms with Crippen molar-refractivity contribution in [2.24, 2.45) is 0 Å². The molecule has 0 radical (unpaired) electrons. The van der Waals surface area contributed by atoms with E-state index in [2.05, 4.69) is 20.1 Å². The number of nitrogens with two attached hydrogens (primary N) is 1. The van der Waals surface area contributed by atoms with Crippen LogP contribution in [0.3, 0.4) is 0 Å². The maximum absolute atomic E-state index is 12.5. The Morgan fingerprint density at radius 3 is 2.80 bits per heavy atom. The van der Waals surface area contributed by atoms with E-state index in [0.29, 0.717) is 16.7 Å². The summed E-state index contributed by atoms with van der Waals surface area (Å²) in [6.07, 6.45) is 1.63. The molecule has 7 heteroatoms. The van der Waals surface area contributed by atoms with Crippen molar-refractivity contribution in [1.82, 2.24) is 24.7 Å². The third kappa shape index (κ3) is 1.77. The number of pyridine rings is 1. The molecule has 5 aromatic rings.